The second-order valence-corrected chi connectivity index (χ2v) is 5.40. The molecule has 20 heavy (non-hydrogen) atoms. The quantitative estimate of drug-likeness (QED) is 0.810. The molecule has 6 heteroatoms. The van der Waals surface area contributed by atoms with Crippen molar-refractivity contribution >= 4 is 5.95 Å². The molecule has 1 unspecified atom stereocenters. The van der Waals surface area contributed by atoms with Gasteiger partial charge in [-0.3, -0.25) is 0 Å². The molecule has 2 N–H and O–H groups in total. The molecule has 1 aliphatic rings. The van der Waals surface area contributed by atoms with Gasteiger partial charge in [0.05, 0.1) is 13.2 Å². The normalized spacial score (nSPS) is 18.8. The minimum absolute atomic E-state index is 0.241. The van der Waals surface area contributed by atoms with E-state index in [4.69, 9.17) is 4.74 Å². The Bertz CT molecular complexity index is 406. The van der Waals surface area contributed by atoms with Crippen LogP contribution in [0.15, 0.2) is 12.3 Å². The second kappa shape index (κ2) is 7.40. The van der Waals surface area contributed by atoms with Crippen molar-refractivity contribution in [1.82, 2.24) is 14.9 Å². The predicted octanol–water partition coefficient (Wildman–Crippen LogP) is 0.990. The molecule has 2 rings (SSSR count). The first-order chi connectivity index (χ1) is 9.67. The van der Waals surface area contributed by atoms with Crippen LogP contribution in [0.2, 0.25) is 0 Å². The number of aromatic nitrogens is 2. The maximum absolute atomic E-state index is 9.39. The van der Waals surface area contributed by atoms with Crippen LogP contribution in [0.25, 0.3) is 0 Å². The molecule has 0 spiro atoms. The minimum atomic E-state index is -0.241. The Morgan fingerprint density at radius 3 is 2.90 bits per heavy atom. The summed E-state index contributed by atoms with van der Waals surface area (Å²) in [4.78, 5) is 10.7. The maximum atomic E-state index is 9.39. The van der Waals surface area contributed by atoms with Crippen molar-refractivity contribution in [2.45, 2.75) is 25.9 Å². The summed E-state index contributed by atoms with van der Waals surface area (Å²) in [5.74, 6) is 1.83. The van der Waals surface area contributed by atoms with Crippen molar-refractivity contribution in [3.8, 4) is 5.88 Å². The van der Waals surface area contributed by atoms with Gasteiger partial charge in [-0.1, -0.05) is 0 Å². The van der Waals surface area contributed by atoms with Crippen LogP contribution < -0.4 is 10.1 Å². The van der Waals surface area contributed by atoms with E-state index in [2.05, 4.69) is 20.2 Å². The van der Waals surface area contributed by atoms with Gasteiger partial charge in [0, 0.05) is 25.4 Å². The number of aliphatic hydroxyl groups excluding tert-OH is 1. The highest BCUT2D eigenvalue weighted by Gasteiger charge is 2.19. The number of β-amino-alcohol motifs (C(OH)–C–C–N with tert-alkyl or cyclic N) is 1. The van der Waals surface area contributed by atoms with Crippen molar-refractivity contribution < 1.29 is 9.84 Å². The van der Waals surface area contributed by atoms with E-state index in [-0.39, 0.29) is 6.10 Å². The van der Waals surface area contributed by atoms with E-state index in [1.54, 1.807) is 19.4 Å². The molecule has 0 bridgehead atoms. The molecule has 6 nitrogen and oxygen atoms in total. The van der Waals surface area contributed by atoms with E-state index in [1.165, 1.54) is 0 Å². The van der Waals surface area contributed by atoms with Gasteiger partial charge in [-0.15, -0.1) is 0 Å². The molecule has 0 radical (unpaired) electrons. The van der Waals surface area contributed by atoms with Crippen molar-refractivity contribution in [3.05, 3.63) is 12.3 Å². The Labute approximate surface area is 120 Å². The number of rotatable bonds is 6. The number of aliphatic hydroxyl groups is 1. The van der Waals surface area contributed by atoms with Crippen molar-refractivity contribution in [3.63, 3.8) is 0 Å². The summed E-state index contributed by atoms with van der Waals surface area (Å²) in [6.45, 7) is 5.61. The van der Waals surface area contributed by atoms with Crippen LogP contribution >= 0.6 is 0 Å². The molecule has 1 fully saturated rings. The molecular weight excluding hydrogens is 256 g/mol. The van der Waals surface area contributed by atoms with Gasteiger partial charge in [-0.2, -0.15) is 4.98 Å². The monoisotopic (exact) mass is 280 g/mol. The van der Waals surface area contributed by atoms with Gasteiger partial charge in [-0.25, -0.2) is 4.98 Å². The van der Waals surface area contributed by atoms with E-state index in [0.717, 1.165) is 39.0 Å². The third-order valence-corrected chi connectivity index (χ3v) is 3.62. The summed E-state index contributed by atoms with van der Waals surface area (Å²) < 4.78 is 5.08. The first-order valence-electron chi connectivity index (χ1n) is 7.18. The Kier molecular flexibility index (Phi) is 5.55. The number of ether oxygens (including phenoxy) is 1. The number of methoxy groups -OCH3 is 1. The summed E-state index contributed by atoms with van der Waals surface area (Å²) in [6, 6.07) is 1.74. The zero-order valence-electron chi connectivity index (χ0n) is 12.2. The number of anilines is 1. The van der Waals surface area contributed by atoms with Gasteiger partial charge in [0.25, 0.3) is 0 Å². The fraction of sp³-hybridized carbons (Fsp3) is 0.714. The van der Waals surface area contributed by atoms with Crippen molar-refractivity contribution in [1.29, 1.82) is 0 Å². The topological polar surface area (TPSA) is 70.5 Å². The van der Waals surface area contributed by atoms with Crippen LogP contribution in [-0.4, -0.2) is 59.4 Å². The fourth-order valence-electron chi connectivity index (χ4n) is 2.52. The lowest BCUT2D eigenvalue weighted by Crippen LogP contribution is -2.39. The number of hydrogen-bond donors (Lipinski definition) is 2. The number of hydrogen-bond acceptors (Lipinski definition) is 6. The molecule has 0 saturated carbocycles. The SMILES string of the molecule is COc1ccnc(NCC2CCN(CC(C)O)CC2)n1. The van der Waals surface area contributed by atoms with Gasteiger partial charge in [0.1, 0.15) is 0 Å². The van der Waals surface area contributed by atoms with Gasteiger partial charge >= 0.3 is 0 Å². The molecule has 1 atom stereocenters. The van der Waals surface area contributed by atoms with Gasteiger partial charge in [-0.05, 0) is 38.8 Å². The highest BCUT2D eigenvalue weighted by atomic mass is 16.5. The van der Waals surface area contributed by atoms with Gasteiger partial charge in [0.15, 0.2) is 0 Å². The van der Waals surface area contributed by atoms with Crippen molar-refractivity contribution in [2.75, 3.05) is 38.6 Å². The summed E-state index contributed by atoms with van der Waals surface area (Å²) in [7, 11) is 1.60. The summed E-state index contributed by atoms with van der Waals surface area (Å²) >= 11 is 0. The van der Waals surface area contributed by atoms with Crippen LogP contribution in [0.5, 0.6) is 5.88 Å². The van der Waals surface area contributed by atoms with Crippen molar-refractivity contribution in [2.24, 2.45) is 5.92 Å². The maximum Gasteiger partial charge on any atom is 0.225 e. The van der Waals surface area contributed by atoms with Crippen LogP contribution in [0.3, 0.4) is 0 Å². The largest absolute Gasteiger partial charge is 0.481 e. The van der Waals surface area contributed by atoms with E-state index in [9.17, 15) is 5.11 Å². The molecule has 1 saturated heterocycles. The zero-order valence-corrected chi connectivity index (χ0v) is 12.2. The Hall–Kier alpha value is -1.40. The average Bonchev–Trinajstić information content (AvgIpc) is 2.46. The fourth-order valence-corrected chi connectivity index (χ4v) is 2.52. The molecule has 1 aromatic rings. The Morgan fingerprint density at radius 1 is 1.50 bits per heavy atom. The number of nitrogens with one attached hydrogen (secondary N) is 1. The molecule has 112 valence electrons. The molecule has 1 aliphatic heterocycles. The minimum Gasteiger partial charge on any atom is -0.481 e. The third kappa shape index (κ3) is 4.61. The van der Waals surface area contributed by atoms with Gasteiger partial charge in [0.2, 0.25) is 11.8 Å². The van der Waals surface area contributed by atoms with Crippen LogP contribution in [0.4, 0.5) is 5.95 Å². The Balaban J connectivity index is 1.73. The third-order valence-electron chi connectivity index (χ3n) is 3.62. The summed E-state index contributed by atoms with van der Waals surface area (Å²) in [5, 5.41) is 12.7. The van der Waals surface area contributed by atoms with Gasteiger partial charge < -0.3 is 20.1 Å². The first kappa shape index (κ1) is 15.0. The van der Waals surface area contributed by atoms with E-state index in [0.29, 0.717) is 17.7 Å². The molecule has 0 aromatic carbocycles. The molecule has 1 aromatic heterocycles. The average molecular weight is 280 g/mol. The van der Waals surface area contributed by atoms with E-state index < -0.39 is 0 Å². The summed E-state index contributed by atoms with van der Waals surface area (Å²) in [6.07, 6.45) is 3.74. The lowest BCUT2D eigenvalue weighted by molar-refractivity contribution is 0.102. The lowest BCUT2D eigenvalue weighted by atomic mass is 9.96. The molecule has 2 heterocycles. The standard InChI is InChI=1S/C14H24N4O2/c1-11(19)10-18-7-4-12(5-8-18)9-16-14-15-6-3-13(17-14)20-2/h3,6,11-12,19H,4-5,7-10H2,1-2H3,(H,15,16,17). The lowest BCUT2D eigenvalue weighted by Gasteiger charge is -2.32. The Morgan fingerprint density at radius 2 is 2.25 bits per heavy atom. The highest BCUT2D eigenvalue weighted by molar-refractivity contribution is 5.27. The zero-order chi connectivity index (χ0) is 14.4. The number of likely N-dealkylation sites (tertiary alicyclic amines) is 1. The molecule has 0 aliphatic carbocycles. The van der Waals surface area contributed by atoms with E-state index in [1.807, 2.05) is 6.92 Å². The number of piperidine rings is 1. The van der Waals surface area contributed by atoms with Crippen LogP contribution in [0.1, 0.15) is 19.8 Å². The second-order valence-electron chi connectivity index (χ2n) is 5.40. The van der Waals surface area contributed by atoms with E-state index >= 15 is 0 Å². The first-order valence-corrected chi connectivity index (χ1v) is 7.18. The summed E-state index contributed by atoms with van der Waals surface area (Å²) in [5.41, 5.74) is 0. The predicted molar refractivity (Wildman–Crippen MR) is 77.9 cm³/mol. The smallest absolute Gasteiger partial charge is 0.225 e. The molecule has 0 amide bonds. The highest BCUT2D eigenvalue weighted by Crippen LogP contribution is 2.18. The number of nitrogens with zero attached hydrogens (tertiary/aromatic N) is 3. The van der Waals surface area contributed by atoms with Crippen LogP contribution in [-0.2, 0) is 0 Å². The molecular formula is C14H24N4O2. The van der Waals surface area contributed by atoms with Crippen LogP contribution in [0, 0.1) is 5.92 Å².